The minimum Gasteiger partial charge on any atom is -0.343 e. The molecule has 3 rings (SSSR count). The molecule has 0 spiro atoms. The van der Waals surface area contributed by atoms with Crippen LogP contribution in [-0.4, -0.2) is 52.7 Å². The van der Waals surface area contributed by atoms with Crippen LogP contribution in [0.1, 0.15) is 43.9 Å². The average Bonchev–Trinajstić information content (AvgIpc) is 3.26. The number of carbonyl (C=O) groups is 3. The summed E-state index contributed by atoms with van der Waals surface area (Å²) in [6.07, 6.45) is 4.11. The van der Waals surface area contributed by atoms with Crippen LogP contribution < -0.4 is 5.32 Å². The number of hydrogen-bond acceptors (Lipinski definition) is 4. The summed E-state index contributed by atoms with van der Waals surface area (Å²) < 4.78 is 0. The highest BCUT2D eigenvalue weighted by molar-refractivity contribution is 7.09. The van der Waals surface area contributed by atoms with Crippen molar-refractivity contribution in [2.45, 2.75) is 57.7 Å². The summed E-state index contributed by atoms with van der Waals surface area (Å²) in [5.74, 6) is -0.244. The van der Waals surface area contributed by atoms with Gasteiger partial charge in [0.05, 0.1) is 6.54 Å². The summed E-state index contributed by atoms with van der Waals surface area (Å²) in [5, 5.41) is 4.79. The first-order valence-electron chi connectivity index (χ1n) is 8.97. The van der Waals surface area contributed by atoms with Gasteiger partial charge in [0.25, 0.3) is 0 Å². The van der Waals surface area contributed by atoms with E-state index in [0.717, 1.165) is 37.2 Å². The maximum absolute atomic E-state index is 12.7. The predicted molar refractivity (Wildman–Crippen MR) is 95.9 cm³/mol. The third-order valence-electron chi connectivity index (χ3n) is 4.93. The average molecular weight is 363 g/mol. The van der Waals surface area contributed by atoms with Crippen molar-refractivity contribution in [3.63, 3.8) is 0 Å². The molecule has 0 aromatic carbocycles. The van der Waals surface area contributed by atoms with Gasteiger partial charge in [-0.15, -0.1) is 11.3 Å². The molecule has 2 aliphatic rings. The number of thiophene rings is 1. The second kappa shape index (κ2) is 7.99. The Morgan fingerprint density at radius 1 is 1.32 bits per heavy atom. The maximum atomic E-state index is 12.7. The second-order valence-electron chi connectivity index (χ2n) is 6.77. The molecular weight excluding hydrogens is 338 g/mol. The highest BCUT2D eigenvalue weighted by Crippen LogP contribution is 2.23. The number of carbonyl (C=O) groups excluding carboxylic acids is 3. The molecule has 2 fully saturated rings. The van der Waals surface area contributed by atoms with E-state index < -0.39 is 12.1 Å². The van der Waals surface area contributed by atoms with Crippen LogP contribution in [0, 0.1) is 0 Å². The SMILES string of the molecule is CC(NC(=O)C1CCC(=O)N1Cc1cccs1)C(=O)N1CCCCC1. The van der Waals surface area contributed by atoms with Crippen LogP contribution in [-0.2, 0) is 20.9 Å². The lowest BCUT2D eigenvalue weighted by Crippen LogP contribution is -2.52. The minimum atomic E-state index is -0.551. The van der Waals surface area contributed by atoms with E-state index in [4.69, 9.17) is 0 Å². The van der Waals surface area contributed by atoms with Gasteiger partial charge in [0.1, 0.15) is 12.1 Å². The van der Waals surface area contributed by atoms with Gasteiger partial charge in [0.15, 0.2) is 0 Å². The van der Waals surface area contributed by atoms with Crippen molar-refractivity contribution < 1.29 is 14.4 Å². The smallest absolute Gasteiger partial charge is 0.244 e. The van der Waals surface area contributed by atoms with Crippen LogP contribution in [0.2, 0.25) is 0 Å². The number of likely N-dealkylation sites (tertiary alicyclic amines) is 2. The van der Waals surface area contributed by atoms with E-state index in [-0.39, 0.29) is 17.7 Å². The minimum absolute atomic E-state index is 0.00330. The largest absolute Gasteiger partial charge is 0.343 e. The molecule has 1 aromatic rings. The molecule has 25 heavy (non-hydrogen) atoms. The van der Waals surface area contributed by atoms with Gasteiger partial charge >= 0.3 is 0 Å². The summed E-state index contributed by atoms with van der Waals surface area (Å²) in [6, 6.07) is 2.87. The normalized spacial score (nSPS) is 22.1. The summed E-state index contributed by atoms with van der Waals surface area (Å²) in [7, 11) is 0. The van der Waals surface area contributed by atoms with Gasteiger partial charge in [-0.1, -0.05) is 6.07 Å². The highest BCUT2D eigenvalue weighted by atomic mass is 32.1. The molecule has 6 nitrogen and oxygen atoms in total. The number of piperidine rings is 1. The van der Waals surface area contributed by atoms with Crippen molar-refractivity contribution in [2.75, 3.05) is 13.1 Å². The van der Waals surface area contributed by atoms with E-state index in [9.17, 15) is 14.4 Å². The first-order valence-corrected chi connectivity index (χ1v) is 9.85. The molecule has 0 radical (unpaired) electrons. The Labute approximate surface area is 152 Å². The van der Waals surface area contributed by atoms with E-state index in [1.807, 2.05) is 22.4 Å². The quantitative estimate of drug-likeness (QED) is 0.867. The van der Waals surface area contributed by atoms with E-state index >= 15 is 0 Å². The first-order chi connectivity index (χ1) is 12.1. The van der Waals surface area contributed by atoms with Crippen molar-refractivity contribution in [1.29, 1.82) is 0 Å². The molecule has 136 valence electrons. The summed E-state index contributed by atoms with van der Waals surface area (Å²) in [5.41, 5.74) is 0. The predicted octanol–water partition coefficient (Wildman–Crippen LogP) is 1.76. The lowest BCUT2D eigenvalue weighted by molar-refractivity contribution is -0.139. The summed E-state index contributed by atoms with van der Waals surface area (Å²) in [6.45, 7) is 3.73. The molecule has 2 unspecified atom stereocenters. The summed E-state index contributed by atoms with van der Waals surface area (Å²) in [4.78, 5) is 41.8. The number of amides is 3. The fraction of sp³-hybridized carbons (Fsp3) is 0.611. The molecule has 0 saturated carbocycles. The fourth-order valence-corrected chi connectivity index (χ4v) is 4.24. The van der Waals surface area contributed by atoms with E-state index in [0.29, 0.717) is 19.4 Å². The Morgan fingerprint density at radius 3 is 2.76 bits per heavy atom. The highest BCUT2D eigenvalue weighted by Gasteiger charge is 2.37. The van der Waals surface area contributed by atoms with E-state index in [2.05, 4.69) is 5.32 Å². The first kappa shape index (κ1) is 17.9. The topological polar surface area (TPSA) is 69.7 Å². The summed E-state index contributed by atoms with van der Waals surface area (Å²) >= 11 is 1.58. The van der Waals surface area contributed by atoms with Gasteiger partial charge in [-0.2, -0.15) is 0 Å². The third-order valence-corrected chi connectivity index (χ3v) is 5.80. The molecule has 0 bridgehead atoms. The number of rotatable bonds is 5. The maximum Gasteiger partial charge on any atom is 0.244 e. The molecule has 2 saturated heterocycles. The van der Waals surface area contributed by atoms with Crippen LogP contribution in [0.3, 0.4) is 0 Å². The molecule has 7 heteroatoms. The Morgan fingerprint density at radius 2 is 2.08 bits per heavy atom. The van der Waals surface area contributed by atoms with Crippen molar-refractivity contribution in [3.8, 4) is 0 Å². The van der Waals surface area contributed by atoms with Crippen molar-refractivity contribution in [3.05, 3.63) is 22.4 Å². The fourth-order valence-electron chi connectivity index (χ4n) is 3.53. The second-order valence-corrected chi connectivity index (χ2v) is 7.80. The van der Waals surface area contributed by atoms with Crippen LogP contribution in [0.4, 0.5) is 0 Å². The zero-order chi connectivity index (χ0) is 17.8. The van der Waals surface area contributed by atoms with Gasteiger partial charge in [0.2, 0.25) is 17.7 Å². The molecular formula is C18H25N3O3S. The zero-order valence-electron chi connectivity index (χ0n) is 14.6. The Kier molecular flexibility index (Phi) is 5.73. The molecule has 2 aliphatic heterocycles. The molecule has 0 aliphatic carbocycles. The van der Waals surface area contributed by atoms with Gasteiger partial charge < -0.3 is 15.1 Å². The molecule has 2 atom stereocenters. The number of nitrogens with one attached hydrogen (secondary N) is 1. The number of nitrogens with zero attached hydrogens (tertiary/aromatic N) is 2. The lowest BCUT2D eigenvalue weighted by Gasteiger charge is -2.30. The Balaban J connectivity index is 1.59. The Hall–Kier alpha value is -1.89. The van der Waals surface area contributed by atoms with Crippen molar-refractivity contribution in [2.24, 2.45) is 0 Å². The van der Waals surface area contributed by atoms with E-state index in [1.165, 1.54) is 0 Å². The standard InChI is InChI=1S/C18H25N3O3S/c1-13(18(24)20-9-3-2-4-10-20)19-17(23)15-7-8-16(22)21(15)12-14-6-5-11-25-14/h5-6,11,13,15H,2-4,7-10,12H2,1H3,(H,19,23). The van der Waals surface area contributed by atoms with Crippen molar-refractivity contribution >= 4 is 29.1 Å². The molecule has 1 aromatic heterocycles. The van der Waals surface area contributed by atoms with E-state index in [1.54, 1.807) is 23.2 Å². The third kappa shape index (κ3) is 4.21. The monoisotopic (exact) mass is 363 g/mol. The van der Waals surface area contributed by atoms with Crippen LogP contribution >= 0.6 is 11.3 Å². The van der Waals surface area contributed by atoms with Crippen LogP contribution in [0.5, 0.6) is 0 Å². The molecule has 3 amide bonds. The van der Waals surface area contributed by atoms with Gasteiger partial charge in [-0.25, -0.2) is 0 Å². The zero-order valence-corrected chi connectivity index (χ0v) is 15.4. The Bertz CT molecular complexity index is 626. The number of hydrogen-bond donors (Lipinski definition) is 1. The lowest BCUT2D eigenvalue weighted by atomic mass is 10.1. The van der Waals surface area contributed by atoms with Gasteiger partial charge in [0, 0.05) is 24.4 Å². The van der Waals surface area contributed by atoms with Crippen molar-refractivity contribution in [1.82, 2.24) is 15.1 Å². The van der Waals surface area contributed by atoms with Gasteiger partial charge in [-0.3, -0.25) is 14.4 Å². The van der Waals surface area contributed by atoms with Gasteiger partial charge in [-0.05, 0) is 44.1 Å². The van der Waals surface area contributed by atoms with Crippen LogP contribution in [0.25, 0.3) is 0 Å². The molecule has 3 heterocycles. The van der Waals surface area contributed by atoms with Crippen LogP contribution in [0.15, 0.2) is 17.5 Å². The molecule has 1 N–H and O–H groups in total.